The summed E-state index contributed by atoms with van der Waals surface area (Å²) in [4.78, 5) is 22.0. The molecule has 0 rings (SSSR count). The summed E-state index contributed by atoms with van der Waals surface area (Å²) in [7, 11) is -11.1. The van der Waals surface area contributed by atoms with Gasteiger partial charge in [0.1, 0.15) is 0 Å². The van der Waals surface area contributed by atoms with Crippen LogP contribution in [0, 0.1) is 0 Å². The molecular formula is C8H14N2Na2O8S2. The molecule has 10 nitrogen and oxygen atoms in total. The van der Waals surface area contributed by atoms with Crippen LogP contribution in [0.25, 0.3) is 0 Å². The predicted molar refractivity (Wildman–Crippen MR) is 64.4 cm³/mol. The SMILES string of the molecule is NCCCCCCN(C(=O)S(=O)(=O)[O-])C(=O)S(=O)(=O)[O-].[Na+].[Na+]. The molecule has 0 saturated carbocycles. The van der Waals surface area contributed by atoms with Gasteiger partial charge in [-0.3, -0.25) is 14.5 Å². The minimum atomic E-state index is -5.56. The second kappa shape index (κ2) is 12.3. The number of carbonyl (C=O) groups excluding carboxylic acids is 2. The van der Waals surface area contributed by atoms with Crippen molar-refractivity contribution >= 4 is 30.7 Å². The number of imide groups is 1. The maximum absolute atomic E-state index is 11.2. The van der Waals surface area contributed by atoms with Gasteiger partial charge in [0.05, 0.1) is 0 Å². The van der Waals surface area contributed by atoms with Crippen LogP contribution in [0.2, 0.25) is 0 Å². The first-order valence-corrected chi connectivity index (χ1v) is 8.30. The zero-order chi connectivity index (χ0) is 16.0. The van der Waals surface area contributed by atoms with E-state index in [4.69, 9.17) is 5.73 Å². The number of rotatable bonds is 6. The number of hydrogen-bond donors (Lipinski definition) is 1. The summed E-state index contributed by atoms with van der Waals surface area (Å²) in [6.45, 7) is -0.239. The van der Waals surface area contributed by atoms with Crippen molar-refractivity contribution in [3.63, 3.8) is 0 Å². The van der Waals surface area contributed by atoms with Crippen molar-refractivity contribution in [2.24, 2.45) is 5.73 Å². The maximum Gasteiger partial charge on any atom is 1.00 e. The van der Waals surface area contributed by atoms with Crippen molar-refractivity contribution in [2.75, 3.05) is 13.1 Å². The number of amides is 2. The summed E-state index contributed by atoms with van der Waals surface area (Å²) in [5.74, 6) is 0. The van der Waals surface area contributed by atoms with Gasteiger partial charge in [0.25, 0.3) is 0 Å². The molecule has 0 spiro atoms. The molecule has 22 heavy (non-hydrogen) atoms. The number of nitrogens with zero attached hydrogens (tertiary/aromatic N) is 1. The first kappa shape index (κ1) is 27.8. The molecule has 0 atom stereocenters. The van der Waals surface area contributed by atoms with Crippen LogP contribution in [0.15, 0.2) is 0 Å². The van der Waals surface area contributed by atoms with E-state index in [-0.39, 0.29) is 70.4 Å². The average Bonchev–Trinajstić information content (AvgIpc) is 2.30. The summed E-state index contributed by atoms with van der Waals surface area (Å²) < 4.78 is 63.2. The van der Waals surface area contributed by atoms with Crippen molar-refractivity contribution in [3.05, 3.63) is 0 Å². The molecule has 0 heterocycles. The molecule has 0 unspecified atom stereocenters. The van der Waals surface area contributed by atoms with E-state index in [0.717, 1.165) is 0 Å². The van der Waals surface area contributed by atoms with Crippen LogP contribution >= 0.6 is 0 Å². The van der Waals surface area contributed by atoms with E-state index >= 15 is 0 Å². The zero-order valence-electron chi connectivity index (χ0n) is 12.3. The van der Waals surface area contributed by atoms with Crippen LogP contribution in [0.1, 0.15) is 25.7 Å². The van der Waals surface area contributed by atoms with Crippen LogP contribution < -0.4 is 64.8 Å². The van der Waals surface area contributed by atoms with Crippen LogP contribution in [0.3, 0.4) is 0 Å². The van der Waals surface area contributed by atoms with Gasteiger partial charge in [0, 0.05) is 6.54 Å². The zero-order valence-corrected chi connectivity index (χ0v) is 18.0. The molecule has 0 aromatic rings. The fourth-order valence-corrected chi connectivity index (χ4v) is 2.24. The molecule has 2 amide bonds. The minimum Gasteiger partial charge on any atom is -0.740 e. The van der Waals surface area contributed by atoms with Crippen molar-refractivity contribution in [3.8, 4) is 0 Å². The molecule has 0 fully saturated rings. The van der Waals surface area contributed by atoms with Crippen LogP contribution in [0.5, 0.6) is 0 Å². The first-order valence-electron chi connectivity index (χ1n) is 5.49. The van der Waals surface area contributed by atoms with E-state index in [0.29, 0.717) is 25.8 Å². The number of hydrogen-bond acceptors (Lipinski definition) is 9. The van der Waals surface area contributed by atoms with Gasteiger partial charge in [-0.05, 0) is 19.4 Å². The van der Waals surface area contributed by atoms with E-state index in [1.54, 1.807) is 0 Å². The summed E-state index contributed by atoms with van der Waals surface area (Å²) in [6, 6.07) is 0. The summed E-state index contributed by atoms with van der Waals surface area (Å²) in [6.07, 6.45) is 1.69. The van der Waals surface area contributed by atoms with E-state index in [1.165, 1.54) is 0 Å². The van der Waals surface area contributed by atoms with Gasteiger partial charge in [0.2, 0.25) is 0 Å². The van der Waals surface area contributed by atoms with Gasteiger partial charge in [-0.25, -0.2) is 16.8 Å². The Morgan fingerprint density at radius 2 is 1.18 bits per heavy atom. The van der Waals surface area contributed by atoms with Crippen molar-refractivity contribution in [1.29, 1.82) is 0 Å². The first-order chi connectivity index (χ1) is 9.01. The molecule has 0 saturated heterocycles. The molecular weight excluding hydrogens is 362 g/mol. The van der Waals surface area contributed by atoms with Gasteiger partial charge >= 0.3 is 69.6 Å². The smallest absolute Gasteiger partial charge is 0.740 e. The number of carbonyl (C=O) groups is 2. The normalized spacial score (nSPS) is 11.0. The van der Waals surface area contributed by atoms with Gasteiger partial charge in [0.15, 0.2) is 20.2 Å². The summed E-state index contributed by atoms with van der Waals surface area (Å²) in [5, 5.41) is -4.50. The minimum absolute atomic E-state index is 0. The third-order valence-corrected chi connectivity index (χ3v) is 3.50. The Hall–Kier alpha value is 0.920. The van der Waals surface area contributed by atoms with Crippen molar-refractivity contribution in [2.45, 2.75) is 25.7 Å². The van der Waals surface area contributed by atoms with E-state index < -0.39 is 37.3 Å². The van der Waals surface area contributed by atoms with E-state index in [2.05, 4.69) is 0 Å². The Labute approximate surface area is 173 Å². The van der Waals surface area contributed by atoms with Gasteiger partial charge in [-0.15, -0.1) is 0 Å². The Balaban J connectivity index is -0.00000180. The Kier molecular flexibility index (Phi) is 15.5. The second-order valence-corrected chi connectivity index (χ2v) is 6.31. The molecule has 0 aromatic carbocycles. The Morgan fingerprint density at radius 3 is 1.50 bits per heavy atom. The predicted octanol–water partition coefficient (Wildman–Crippen LogP) is -6.85. The molecule has 0 aliphatic heterocycles. The van der Waals surface area contributed by atoms with Crippen molar-refractivity contribution in [1.82, 2.24) is 4.90 Å². The summed E-state index contributed by atoms with van der Waals surface area (Å²) >= 11 is 0. The topological polar surface area (TPSA) is 178 Å². The molecule has 0 bridgehead atoms. The number of unbranched alkanes of at least 4 members (excludes halogenated alkanes) is 3. The van der Waals surface area contributed by atoms with Crippen molar-refractivity contribution < 1.29 is 94.6 Å². The molecule has 14 heteroatoms. The standard InChI is InChI=1S/C8H16N2O8S2.2Na/c9-5-3-1-2-4-6-10(7(11)19(13,14)15)8(12)20(16,17)18;;/h1-6,9H2,(H,13,14,15)(H,16,17,18);;/q;2*+1/p-2. The Bertz CT molecular complexity index is 519. The van der Waals surface area contributed by atoms with Crippen LogP contribution in [-0.2, 0) is 20.2 Å². The average molecular weight is 376 g/mol. The summed E-state index contributed by atoms with van der Waals surface area (Å²) in [5.41, 5.74) is 5.22. The fourth-order valence-electron chi connectivity index (χ4n) is 1.29. The molecule has 0 aromatic heterocycles. The van der Waals surface area contributed by atoms with Gasteiger partial charge < -0.3 is 14.8 Å². The quantitative estimate of drug-likeness (QED) is 0.268. The third-order valence-electron chi connectivity index (χ3n) is 2.20. The molecule has 0 radical (unpaired) electrons. The van der Waals surface area contributed by atoms with Crippen LogP contribution in [-0.4, -0.2) is 54.4 Å². The molecule has 0 aliphatic carbocycles. The third kappa shape index (κ3) is 10.6. The number of nitrogens with two attached hydrogens (primary N) is 1. The van der Waals surface area contributed by atoms with Crippen LogP contribution in [0.4, 0.5) is 9.59 Å². The Morgan fingerprint density at radius 1 is 0.818 bits per heavy atom. The molecule has 118 valence electrons. The molecule has 0 aliphatic rings. The fraction of sp³-hybridized carbons (Fsp3) is 0.750. The largest absolute Gasteiger partial charge is 1.00 e. The molecule has 2 N–H and O–H groups in total. The van der Waals surface area contributed by atoms with E-state index in [1.807, 2.05) is 0 Å². The van der Waals surface area contributed by atoms with Gasteiger partial charge in [-0.2, -0.15) is 0 Å². The maximum atomic E-state index is 11.2. The van der Waals surface area contributed by atoms with Gasteiger partial charge in [-0.1, -0.05) is 12.8 Å². The monoisotopic (exact) mass is 376 g/mol. The second-order valence-electron chi connectivity index (χ2n) is 3.79. The van der Waals surface area contributed by atoms with E-state index in [9.17, 15) is 35.5 Å².